The molecule has 1 heterocycles. The third kappa shape index (κ3) is 6.43. The van der Waals surface area contributed by atoms with Gasteiger partial charge in [0.25, 0.3) is 0 Å². The number of carboxylic acid groups (broad SMARTS) is 1. The summed E-state index contributed by atoms with van der Waals surface area (Å²) in [5, 5.41) is 20.0. The minimum atomic E-state index is -0.826. The molecule has 2 N–H and O–H groups in total. The van der Waals surface area contributed by atoms with Crippen molar-refractivity contribution in [1.82, 2.24) is 4.90 Å². The number of piperidine rings is 1. The molecule has 0 amide bonds. The molecule has 0 radical (unpaired) electrons. The lowest BCUT2D eigenvalue weighted by atomic mass is 9.76. The second kappa shape index (κ2) is 12.3. The van der Waals surface area contributed by atoms with Crippen LogP contribution >= 0.6 is 0 Å². The third-order valence-electron chi connectivity index (χ3n) is 8.01. The minimum absolute atomic E-state index is 0.0222. The number of hydrogen-bond donors (Lipinski definition) is 2. The highest BCUT2D eigenvalue weighted by Gasteiger charge is 2.28. The van der Waals surface area contributed by atoms with Crippen LogP contribution in [0, 0.1) is 19.8 Å². The molecule has 4 nitrogen and oxygen atoms in total. The van der Waals surface area contributed by atoms with Crippen molar-refractivity contribution >= 4 is 5.97 Å². The van der Waals surface area contributed by atoms with Crippen LogP contribution in [0.15, 0.2) is 72.8 Å². The van der Waals surface area contributed by atoms with Crippen LogP contribution in [0.2, 0.25) is 0 Å². The summed E-state index contributed by atoms with van der Waals surface area (Å²) in [7, 11) is 0. The molecule has 1 aliphatic heterocycles. The summed E-state index contributed by atoms with van der Waals surface area (Å²) in [5.74, 6) is 0.242. The van der Waals surface area contributed by atoms with E-state index in [2.05, 4.69) is 65.6 Å². The summed E-state index contributed by atoms with van der Waals surface area (Å²) >= 11 is 0. The molecule has 1 saturated heterocycles. The zero-order chi connectivity index (χ0) is 25.5. The van der Waals surface area contributed by atoms with E-state index in [0.29, 0.717) is 11.8 Å². The van der Waals surface area contributed by atoms with Gasteiger partial charge in [-0.15, -0.1) is 0 Å². The number of carboxylic acids is 1. The third-order valence-corrected chi connectivity index (χ3v) is 8.01. The molecular weight excluding hydrogens is 446 g/mol. The van der Waals surface area contributed by atoms with Gasteiger partial charge in [-0.1, -0.05) is 72.8 Å². The van der Waals surface area contributed by atoms with Gasteiger partial charge in [0, 0.05) is 5.92 Å². The van der Waals surface area contributed by atoms with Gasteiger partial charge in [-0.05, 0) is 98.5 Å². The van der Waals surface area contributed by atoms with Crippen LogP contribution in [0.1, 0.15) is 71.1 Å². The first-order valence-corrected chi connectivity index (χ1v) is 13.2. The Morgan fingerprint density at radius 2 is 1.47 bits per heavy atom. The van der Waals surface area contributed by atoms with Gasteiger partial charge in [0.2, 0.25) is 0 Å². The maximum atomic E-state index is 11.1. The summed E-state index contributed by atoms with van der Waals surface area (Å²) in [4.78, 5) is 13.6. The summed E-state index contributed by atoms with van der Waals surface area (Å²) in [5.41, 5.74) is 6.55. The molecular formula is C32H39NO3. The quantitative estimate of drug-likeness (QED) is 0.354. The fourth-order valence-electron chi connectivity index (χ4n) is 5.84. The molecule has 3 aromatic carbocycles. The first-order chi connectivity index (χ1) is 17.4. The van der Waals surface area contributed by atoms with Crippen molar-refractivity contribution in [2.45, 2.75) is 58.0 Å². The second-order valence-corrected chi connectivity index (χ2v) is 10.3. The van der Waals surface area contributed by atoms with E-state index in [-0.39, 0.29) is 6.42 Å². The van der Waals surface area contributed by atoms with Crippen molar-refractivity contribution in [1.29, 1.82) is 0 Å². The highest BCUT2D eigenvalue weighted by molar-refractivity contribution is 5.71. The largest absolute Gasteiger partial charge is 0.481 e. The molecule has 3 aromatic rings. The average Bonchev–Trinajstić information content (AvgIpc) is 2.89. The highest BCUT2D eigenvalue weighted by atomic mass is 16.4. The van der Waals surface area contributed by atoms with Crippen molar-refractivity contribution in [2.24, 2.45) is 5.92 Å². The standard InChI is InChI=1S/C32H39NO3/c1-23-24(2)29(16-15-28(23)22-31(35)36)30(34)14-9-19-33-20-17-27(18-21-33)32(25-10-5-3-6-11-25)26-12-7-4-8-13-26/h3-8,10-13,15-16,27,30,32,34H,9,14,17-22H2,1-2H3,(H,35,36). The molecule has 1 fully saturated rings. The SMILES string of the molecule is Cc1c(CC(=O)O)ccc(C(O)CCCN2CCC(C(c3ccccc3)c3ccccc3)CC2)c1C. The van der Waals surface area contributed by atoms with Crippen molar-refractivity contribution in [2.75, 3.05) is 19.6 Å². The molecule has 1 aliphatic rings. The van der Waals surface area contributed by atoms with Crippen molar-refractivity contribution < 1.29 is 15.0 Å². The topological polar surface area (TPSA) is 60.8 Å². The Labute approximate surface area is 215 Å². The van der Waals surface area contributed by atoms with Crippen LogP contribution in [-0.2, 0) is 11.2 Å². The fourth-order valence-corrected chi connectivity index (χ4v) is 5.84. The van der Waals surface area contributed by atoms with E-state index in [4.69, 9.17) is 5.11 Å². The van der Waals surface area contributed by atoms with E-state index < -0.39 is 12.1 Å². The first kappa shape index (κ1) is 26.1. The van der Waals surface area contributed by atoms with Crippen molar-refractivity contribution in [3.63, 3.8) is 0 Å². The summed E-state index contributed by atoms with van der Waals surface area (Å²) < 4.78 is 0. The van der Waals surface area contributed by atoms with Gasteiger partial charge in [-0.25, -0.2) is 0 Å². The first-order valence-electron chi connectivity index (χ1n) is 13.2. The van der Waals surface area contributed by atoms with E-state index in [0.717, 1.165) is 54.7 Å². The lowest BCUT2D eigenvalue weighted by molar-refractivity contribution is -0.136. The zero-order valence-electron chi connectivity index (χ0n) is 21.6. The molecule has 0 bridgehead atoms. The molecule has 190 valence electrons. The number of aliphatic carboxylic acids is 1. The van der Waals surface area contributed by atoms with Gasteiger partial charge < -0.3 is 15.1 Å². The number of hydrogen-bond acceptors (Lipinski definition) is 3. The monoisotopic (exact) mass is 485 g/mol. The van der Waals surface area contributed by atoms with Crippen LogP contribution in [0.25, 0.3) is 0 Å². The maximum absolute atomic E-state index is 11.1. The number of rotatable bonds is 10. The van der Waals surface area contributed by atoms with Crippen LogP contribution in [-0.4, -0.2) is 40.7 Å². The molecule has 0 spiro atoms. The van der Waals surface area contributed by atoms with Gasteiger partial charge >= 0.3 is 5.97 Å². The minimum Gasteiger partial charge on any atom is -0.481 e. The predicted octanol–water partition coefficient (Wildman–Crippen LogP) is 6.29. The zero-order valence-corrected chi connectivity index (χ0v) is 21.6. The van der Waals surface area contributed by atoms with Gasteiger partial charge in [0.15, 0.2) is 0 Å². The Balaban J connectivity index is 1.30. The maximum Gasteiger partial charge on any atom is 0.307 e. The molecule has 1 atom stereocenters. The summed E-state index contributed by atoms with van der Waals surface area (Å²) in [6.07, 6.45) is 3.53. The molecule has 0 saturated carbocycles. The van der Waals surface area contributed by atoms with Crippen molar-refractivity contribution in [3.05, 3.63) is 106 Å². The predicted molar refractivity (Wildman–Crippen MR) is 145 cm³/mol. The Morgan fingerprint density at radius 3 is 2.03 bits per heavy atom. The van der Waals surface area contributed by atoms with E-state index in [1.807, 2.05) is 26.0 Å². The Kier molecular flexibility index (Phi) is 8.95. The van der Waals surface area contributed by atoms with E-state index >= 15 is 0 Å². The molecule has 0 aromatic heterocycles. The second-order valence-electron chi connectivity index (χ2n) is 10.3. The Morgan fingerprint density at radius 1 is 0.889 bits per heavy atom. The average molecular weight is 486 g/mol. The van der Waals surface area contributed by atoms with Crippen LogP contribution < -0.4 is 0 Å². The molecule has 4 heteroatoms. The Bertz CT molecular complexity index is 1080. The van der Waals surface area contributed by atoms with Crippen LogP contribution in [0.3, 0.4) is 0 Å². The molecule has 4 rings (SSSR count). The lowest BCUT2D eigenvalue weighted by Gasteiger charge is -2.37. The van der Waals surface area contributed by atoms with E-state index in [1.165, 1.54) is 24.0 Å². The molecule has 1 unspecified atom stereocenters. The van der Waals surface area contributed by atoms with E-state index in [9.17, 15) is 9.90 Å². The smallest absolute Gasteiger partial charge is 0.307 e. The number of likely N-dealkylation sites (tertiary alicyclic amines) is 1. The number of carbonyl (C=O) groups is 1. The normalized spacial score (nSPS) is 15.8. The van der Waals surface area contributed by atoms with Gasteiger partial charge in [-0.2, -0.15) is 0 Å². The Hall–Kier alpha value is -2.95. The molecule has 0 aliphatic carbocycles. The van der Waals surface area contributed by atoms with Crippen LogP contribution in [0.4, 0.5) is 0 Å². The molecule has 36 heavy (non-hydrogen) atoms. The summed E-state index contributed by atoms with van der Waals surface area (Å²) in [6, 6.07) is 25.6. The van der Waals surface area contributed by atoms with Gasteiger partial charge in [-0.3, -0.25) is 4.79 Å². The number of nitrogens with zero attached hydrogens (tertiary/aromatic N) is 1. The number of aliphatic hydroxyl groups is 1. The lowest BCUT2D eigenvalue weighted by Crippen LogP contribution is -2.36. The highest BCUT2D eigenvalue weighted by Crippen LogP contribution is 2.38. The number of aliphatic hydroxyl groups excluding tert-OH is 1. The number of benzene rings is 3. The van der Waals surface area contributed by atoms with Gasteiger partial charge in [0.1, 0.15) is 0 Å². The summed E-state index contributed by atoms with van der Waals surface area (Å²) in [6.45, 7) is 7.13. The van der Waals surface area contributed by atoms with Crippen molar-refractivity contribution in [3.8, 4) is 0 Å². The van der Waals surface area contributed by atoms with Gasteiger partial charge in [0.05, 0.1) is 12.5 Å². The van der Waals surface area contributed by atoms with E-state index in [1.54, 1.807) is 0 Å². The van der Waals surface area contributed by atoms with Crippen LogP contribution in [0.5, 0.6) is 0 Å². The fraction of sp³-hybridized carbons (Fsp3) is 0.406.